The predicted octanol–water partition coefficient (Wildman–Crippen LogP) is 1.83. The molecule has 0 bridgehead atoms. The Bertz CT molecular complexity index is 454. The van der Waals surface area contributed by atoms with Crippen LogP contribution >= 0.6 is 0 Å². The van der Waals surface area contributed by atoms with E-state index in [-0.39, 0.29) is 5.91 Å². The summed E-state index contributed by atoms with van der Waals surface area (Å²) in [5, 5.41) is 3.01. The topological polar surface area (TPSA) is 41.6 Å². The summed E-state index contributed by atoms with van der Waals surface area (Å²) in [5.41, 5.74) is 2.51. The molecule has 4 nitrogen and oxygen atoms in total. The second kappa shape index (κ2) is 8.15. The maximum absolute atomic E-state index is 12.0. The van der Waals surface area contributed by atoms with Crippen molar-refractivity contribution in [3.63, 3.8) is 0 Å². The highest BCUT2D eigenvalue weighted by atomic mass is 16.5. The predicted molar refractivity (Wildman–Crippen MR) is 84.1 cm³/mol. The van der Waals surface area contributed by atoms with Gasteiger partial charge < -0.3 is 10.1 Å². The molecule has 1 aliphatic heterocycles. The van der Waals surface area contributed by atoms with Gasteiger partial charge in [-0.3, -0.25) is 9.69 Å². The Morgan fingerprint density at radius 3 is 2.71 bits per heavy atom. The third kappa shape index (κ3) is 5.86. The van der Waals surface area contributed by atoms with Gasteiger partial charge in [-0.15, -0.1) is 0 Å². The summed E-state index contributed by atoms with van der Waals surface area (Å²) >= 11 is 0. The van der Waals surface area contributed by atoms with Crippen LogP contribution in [0.2, 0.25) is 0 Å². The Morgan fingerprint density at radius 1 is 1.29 bits per heavy atom. The Kier molecular flexibility index (Phi) is 6.21. The lowest BCUT2D eigenvalue weighted by Gasteiger charge is -2.25. The number of morpholine rings is 1. The minimum absolute atomic E-state index is 0.0890. The van der Waals surface area contributed by atoms with Crippen LogP contribution in [0.5, 0.6) is 0 Å². The molecule has 0 spiro atoms. The molecular weight excluding hydrogens is 264 g/mol. The van der Waals surface area contributed by atoms with Gasteiger partial charge in [-0.05, 0) is 23.5 Å². The van der Waals surface area contributed by atoms with Crippen molar-refractivity contribution < 1.29 is 9.53 Å². The molecule has 1 amide bonds. The van der Waals surface area contributed by atoms with E-state index in [1.165, 1.54) is 11.1 Å². The fraction of sp³-hybridized carbons (Fsp3) is 0.588. The lowest BCUT2D eigenvalue weighted by atomic mass is 10.0. The van der Waals surface area contributed by atoms with Gasteiger partial charge in [-0.2, -0.15) is 0 Å². The molecular formula is C17H26N2O2. The zero-order valence-corrected chi connectivity index (χ0v) is 13.1. The number of benzene rings is 1. The number of rotatable bonds is 6. The molecule has 0 aromatic heterocycles. The van der Waals surface area contributed by atoms with E-state index < -0.39 is 0 Å². The van der Waals surface area contributed by atoms with E-state index in [4.69, 9.17) is 4.74 Å². The van der Waals surface area contributed by atoms with Crippen LogP contribution in [0, 0.1) is 5.92 Å². The summed E-state index contributed by atoms with van der Waals surface area (Å²) < 4.78 is 5.28. The van der Waals surface area contributed by atoms with Crippen molar-refractivity contribution in [2.45, 2.75) is 26.8 Å². The average Bonchev–Trinajstić information content (AvgIpc) is 2.46. The smallest absolute Gasteiger partial charge is 0.234 e. The quantitative estimate of drug-likeness (QED) is 0.869. The minimum Gasteiger partial charge on any atom is -0.379 e. The molecule has 4 heteroatoms. The molecule has 1 saturated heterocycles. The average molecular weight is 290 g/mol. The third-order valence-corrected chi connectivity index (χ3v) is 3.60. The molecule has 2 rings (SSSR count). The normalized spacial score (nSPS) is 16.1. The number of amides is 1. The van der Waals surface area contributed by atoms with Crippen molar-refractivity contribution in [2.75, 3.05) is 32.8 Å². The summed E-state index contributed by atoms with van der Waals surface area (Å²) in [4.78, 5) is 14.1. The minimum atomic E-state index is 0.0890. The van der Waals surface area contributed by atoms with Crippen molar-refractivity contribution >= 4 is 5.91 Å². The maximum atomic E-state index is 12.0. The van der Waals surface area contributed by atoms with Crippen LogP contribution in [-0.4, -0.2) is 43.7 Å². The van der Waals surface area contributed by atoms with Crippen molar-refractivity contribution in [3.8, 4) is 0 Å². The number of carbonyl (C=O) groups is 1. The first-order valence-corrected chi connectivity index (χ1v) is 7.78. The highest BCUT2D eigenvalue weighted by Crippen LogP contribution is 2.10. The van der Waals surface area contributed by atoms with E-state index in [0.717, 1.165) is 32.7 Å². The molecule has 0 saturated carbocycles. The number of hydrogen-bond donors (Lipinski definition) is 1. The van der Waals surface area contributed by atoms with Crippen LogP contribution in [0.1, 0.15) is 25.0 Å². The fourth-order valence-electron chi connectivity index (χ4n) is 2.56. The number of hydrogen-bond acceptors (Lipinski definition) is 3. The van der Waals surface area contributed by atoms with Crippen molar-refractivity contribution in [1.82, 2.24) is 10.2 Å². The standard InChI is InChI=1S/C17H26N2O2/c1-14(2)10-15-4-3-5-16(11-15)12-18-17(20)13-19-6-8-21-9-7-19/h3-5,11,14H,6-10,12-13H2,1-2H3,(H,18,20). The molecule has 1 heterocycles. The van der Waals surface area contributed by atoms with Gasteiger partial charge in [-0.25, -0.2) is 0 Å². The number of carbonyl (C=O) groups excluding carboxylic acids is 1. The molecule has 1 fully saturated rings. The van der Waals surface area contributed by atoms with Crippen molar-refractivity contribution in [1.29, 1.82) is 0 Å². The number of ether oxygens (including phenoxy) is 1. The van der Waals surface area contributed by atoms with Gasteiger partial charge >= 0.3 is 0 Å². The van der Waals surface area contributed by atoms with E-state index in [9.17, 15) is 4.79 Å². The molecule has 1 aliphatic rings. The second-order valence-electron chi connectivity index (χ2n) is 6.08. The molecule has 1 N–H and O–H groups in total. The Balaban J connectivity index is 1.77. The number of nitrogens with zero attached hydrogens (tertiary/aromatic N) is 1. The molecule has 0 unspecified atom stereocenters. The van der Waals surface area contributed by atoms with Gasteiger partial charge in [0.1, 0.15) is 0 Å². The van der Waals surface area contributed by atoms with Gasteiger partial charge in [0.25, 0.3) is 0 Å². The summed E-state index contributed by atoms with van der Waals surface area (Å²) in [6.45, 7) is 8.65. The lowest BCUT2D eigenvalue weighted by Crippen LogP contribution is -2.43. The van der Waals surface area contributed by atoms with Crippen LogP contribution in [-0.2, 0) is 22.5 Å². The largest absolute Gasteiger partial charge is 0.379 e. The van der Waals surface area contributed by atoms with E-state index in [0.29, 0.717) is 19.0 Å². The van der Waals surface area contributed by atoms with Crippen molar-refractivity contribution in [3.05, 3.63) is 35.4 Å². The molecule has 0 aliphatic carbocycles. The third-order valence-electron chi connectivity index (χ3n) is 3.60. The molecule has 1 aromatic carbocycles. The van der Waals surface area contributed by atoms with E-state index in [1.54, 1.807) is 0 Å². The van der Waals surface area contributed by atoms with Crippen LogP contribution < -0.4 is 5.32 Å². The molecule has 0 atom stereocenters. The van der Waals surface area contributed by atoms with Crippen LogP contribution in [0.25, 0.3) is 0 Å². The second-order valence-corrected chi connectivity index (χ2v) is 6.08. The zero-order valence-electron chi connectivity index (χ0n) is 13.1. The van der Waals surface area contributed by atoms with Gasteiger partial charge in [0.05, 0.1) is 19.8 Å². The first-order valence-electron chi connectivity index (χ1n) is 7.78. The Hall–Kier alpha value is -1.39. The lowest BCUT2D eigenvalue weighted by molar-refractivity contribution is -0.123. The molecule has 1 aromatic rings. The van der Waals surface area contributed by atoms with Gasteiger partial charge in [0.15, 0.2) is 0 Å². The highest BCUT2D eigenvalue weighted by molar-refractivity contribution is 5.78. The van der Waals surface area contributed by atoms with Crippen LogP contribution in [0.4, 0.5) is 0 Å². The van der Waals surface area contributed by atoms with Gasteiger partial charge in [0, 0.05) is 19.6 Å². The van der Waals surface area contributed by atoms with Gasteiger partial charge in [-0.1, -0.05) is 38.1 Å². The van der Waals surface area contributed by atoms with Gasteiger partial charge in [0.2, 0.25) is 5.91 Å². The summed E-state index contributed by atoms with van der Waals surface area (Å²) in [5.74, 6) is 0.738. The summed E-state index contributed by atoms with van der Waals surface area (Å²) in [6.07, 6.45) is 1.08. The molecule has 116 valence electrons. The fourth-order valence-corrected chi connectivity index (χ4v) is 2.56. The highest BCUT2D eigenvalue weighted by Gasteiger charge is 2.13. The van der Waals surface area contributed by atoms with Crippen LogP contribution in [0.15, 0.2) is 24.3 Å². The maximum Gasteiger partial charge on any atom is 0.234 e. The first-order chi connectivity index (χ1) is 10.1. The zero-order chi connectivity index (χ0) is 15.1. The monoisotopic (exact) mass is 290 g/mol. The molecule has 0 radical (unpaired) electrons. The Labute approximate surface area is 127 Å². The van der Waals surface area contributed by atoms with E-state index in [2.05, 4.69) is 48.3 Å². The SMILES string of the molecule is CC(C)Cc1cccc(CNC(=O)CN2CCOCC2)c1. The first kappa shape index (κ1) is 16.0. The Morgan fingerprint density at radius 2 is 2.00 bits per heavy atom. The van der Waals surface area contributed by atoms with E-state index in [1.807, 2.05) is 0 Å². The van der Waals surface area contributed by atoms with E-state index >= 15 is 0 Å². The number of nitrogens with one attached hydrogen (secondary N) is 1. The van der Waals surface area contributed by atoms with Crippen molar-refractivity contribution in [2.24, 2.45) is 5.92 Å². The summed E-state index contributed by atoms with van der Waals surface area (Å²) in [6, 6.07) is 8.48. The summed E-state index contributed by atoms with van der Waals surface area (Å²) in [7, 11) is 0. The van der Waals surface area contributed by atoms with Crippen LogP contribution in [0.3, 0.4) is 0 Å². The molecule has 21 heavy (non-hydrogen) atoms.